The Morgan fingerprint density at radius 2 is 1.57 bits per heavy atom. The summed E-state index contributed by atoms with van der Waals surface area (Å²) in [6.45, 7) is 1.07. The molecule has 0 heterocycles. The summed E-state index contributed by atoms with van der Waals surface area (Å²) in [6.07, 6.45) is 5.54. The van der Waals surface area contributed by atoms with Crippen molar-refractivity contribution >= 4 is 6.47 Å². The van der Waals surface area contributed by atoms with Crippen LogP contribution in [-0.2, 0) is 16.0 Å². The van der Waals surface area contributed by atoms with E-state index in [1.54, 1.807) is 0 Å². The second-order valence-electron chi connectivity index (χ2n) is 5.20. The predicted octanol–water partition coefficient (Wildman–Crippen LogP) is 4.63. The molecule has 2 heteroatoms. The standard InChI is InChI=1S/C19H22O2/c20-16-21-14-7-2-1-4-9-17-10-8-13-19(15-17)18-11-5-3-6-12-18/h3,5-6,8,10-13,15-16H,1-2,4,7,9,14H2. The molecule has 2 rings (SSSR count). The van der Waals surface area contributed by atoms with E-state index in [1.165, 1.54) is 29.5 Å². The van der Waals surface area contributed by atoms with E-state index in [1.807, 2.05) is 6.07 Å². The largest absolute Gasteiger partial charge is 0.468 e. The van der Waals surface area contributed by atoms with Gasteiger partial charge in [-0.1, -0.05) is 67.4 Å². The van der Waals surface area contributed by atoms with E-state index in [4.69, 9.17) is 0 Å². The van der Waals surface area contributed by atoms with E-state index in [0.29, 0.717) is 13.1 Å². The quantitative estimate of drug-likeness (QED) is 0.495. The molecule has 2 aromatic rings. The van der Waals surface area contributed by atoms with Crippen LogP contribution in [0, 0.1) is 0 Å². The van der Waals surface area contributed by atoms with Gasteiger partial charge in [-0.3, -0.25) is 4.79 Å². The SMILES string of the molecule is O=COCCCCCCc1cccc(-c2ccccc2)c1. The Bertz CT molecular complexity index is 534. The summed E-state index contributed by atoms with van der Waals surface area (Å²) in [5.74, 6) is 0. The van der Waals surface area contributed by atoms with Crippen molar-refractivity contribution in [3.05, 3.63) is 60.2 Å². The first-order chi connectivity index (χ1) is 10.4. The zero-order chi connectivity index (χ0) is 14.8. The van der Waals surface area contributed by atoms with Gasteiger partial charge in [0.25, 0.3) is 6.47 Å². The third-order valence-corrected chi connectivity index (χ3v) is 3.58. The van der Waals surface area contributed by atoms with Crippen molar-refractivity contribution in [3.63, 3.8) is 0 Å². The van der Waals surface area contributed by atoms with Crippen LogP contribution in [0.4, 0.5) is 0 Å². The van der Waals surface area contributed by atoms with Crippen molar-refractivity contribution in [1.82, 2.24) is 0 Å². The maximum atomic E-state index is 10.0. The minimum atomic E-state index is 0.523. The van der Waals surface area contributed by atoms with Crippen molar-refractivity contribution in [2.45, 2.75) is 32.1 Å². The molecule has 0 bridgehead atoms. The molecule has 0 radical (unpaired) electrons. The van der Waals surface area contributed by atoms with E-state index in [-0.39, 0.29) is 0 Å². The molecule has 0 aliphatic heterocycles. The number of carbonyl (C=O) groups excluding carboxylic acids is 1. The van der Waals surface area contributed by atoms with Crippen molar-refractivity contribution in [2.24, 2.45) is 0 Å². The molecular weight excluding hydrogens is 260 g/mol. The van der Waals surface area contributed by atoms with Gasteiger partial charge in [0.05, 0.1) is 6.61 Å². The molecule has 0 aliphatic rings. The monoisotopic (exact) mass is 282 g/mol. The highest BCUT2D eigenvalue weighted by atomic mass is 16.5. The van der Waals surface area contributed by atoms with Gasteiger partial charge in [-0.2, -0.15) is 0 Å². The van der Waals surface area contributed by atoms with Crippen LogP contribution in [0.2, 0.25) is 0 Å². The molecule has 0 atom stereocenters. The molecular formula is C19H22O2. The first kappa shape index (κ1) is 15.3. The van der Waals surface area contributed by atoms with Crippen LogP contribution in [0.1, 0.15) is 31.2 Å². The molecule has 0 aliphatic carbocycles. The minimum absolute atomic E-state index is 0.523. The normalized spacial score (nSPS) is 10.3. The molecule has 0 unspecified atom stereocenters. The first-order valence-corrected chi connectivity index (χ1v) is 7.60. The highest BCUT2D eigenvalue weighted by Crippen LogP contribution is 2.21. The Kier molecular flexibility index (Phi) is 6.53. The second-order valence-corrected chi connectivity index (χ2v) is 5.20. The van der Waals surface area contributed by atoms with Crippen molar-refractivity contribution < 1.29 is 9.53 Å². The Hall–Kier alpha value is -2.09. The summed E-state index contributed by atoms with van der Waals surface area (Å²) in [7, 11) is 0. The molecule has 0 aromatic heterocycles. The average Bonchev–Trinajstić information content (AvgIpc) is 2.55. The Balaban J connectivity index is 1.78. The van der Waals surface area contributed by atoms with E-state index in [9.17, 15) is 4.79 Å². The zero-order valence-electron chi connectivity index (χ0n) is 12.3. The average molecular weight is 282 g/mol. The van der Waals surface area contributed by atoms with Gasteiger partial charge in [0.15, 0.2) is 0 Å². The Morgan fingerprint density at radius 3 is 2.38 bits per heavy atom. The fourth-order valence-electron chi connectivity index (χ4n) is 2.45. The van der Waals surface area contributed by atoms with Gasteiger partial charge < -0.3 is 4.74 Å². The minimum Gasteiger partial charge on any atom is -0.468 e. The number of unbranched alkanes of at least 4 members (excludes halogenated alkanes) is 3. The number of aryl methyl sites for hydroxylation is 1. The number of benzene rings is 2. The molecule has 2 aromatic carbocycles. The lowest BCUT2D eigenvalue weighted by molar-refractivity contribution is -0.128. The Labute approximate surface area is 126 Å². The van der Waals surface area contributed by atoms with Crippen LogP contribution in [0.5, 0.6) is 0 Å². The maximum Gasteiger partial charge on any atom is 0.293 e. The van der Waals surface area contributed by atoms with Gasteiger partial charge in [0, 0.05) is 0 Å². The van der Waals surface area contributed by atoms with Crippen LogP contribution in [-0.4, -0.2) is 13.1 Å². The zero-order valence-corrected chi connectivity index (χ0v) is 12.3. The predicted molar refractivity (Wildman–Crippen MR) is 86.1 cm³/mol. The van der Waals surface area contributed by atoms with E-state index in [2.05, 4.69) is 53.3 Å². The Morgan fingerprint density at radius 1 is 0.810 bits per heavy atom. The number of ether oxygens (including phenoxy) is 1. The van der Waals surface area contributed by atoms with Crippen LogP contribution < -0.4 is 0 Å². The first-order valence-electron chi connectivity index (χ1n) is 7.60. The summed E-state index contributed by atoms with van der Waals surface area (Å²) in [4.78, 5) is 10.0. The van der Waals surface area contributed by atoms with Crippen molar-refractivity contribution in [3.8, 4) is 11.1 Å². The molecule has 2 nitrogen and oxygen atoms in total. The third-order valence-electron chi connectivity index (χ3n) is 3.58. The van der Waals surface area contributed by atoms with E-state index >= 15 is 0 Å². The summed E-state index contributed by atoms with van der Waals surface area (Å²) >= 11 is 0. The highest BCUT2D eigenvalue weighted by molar-refractivity contribution is 5.63. The molecule has 0 amide bonds. The summed E-state index contributed by atoms with van der Waals surface area (Å²) in [5.41, 5.74) is 3.94. The van der Waals surface area contributed by atoms with Crippen LogP contribution in [0.25, 0.3) is 11.1 Å². The third kappa shape index (κ3) is 5.42. The van der Waals surface area contributed by atoms with Gasteiger partial charge in [0.1, 0.15) is 0 Å². The molecule has 0 saturated carbocycles. The number of hydrogen-bond donors (Lipinski definition) is 0. The van der Waals surface area contributed by atoms with Crippen LogP contribution in [0.15, 0.2) is 54.6 Å². The number of hydrogen-bond acceptors (Lipinski definition) is 2. The fraction of sp³-hybridized carbons (Fsp3) is 0.316. The lowest BCUT2D eigenvalue weighted by Gasteiger charge is -2.06. The van der Waals surface area contributed by atoms with Crippen LogP contribution in [0.3, 0.4) is 0 Å². The van der Waals surface area contributed by atoms with Crippen molar-refractivity contribution in [2.75, 3.05) is 6.61 Å². The van der Waals surface area contributed by atoms with Gasteiger partial charge in [0.2, 0.25) is 0 Å². The highest BCUT2D eigenvalue weighted by Gasteiger charge is 1.99. The fourth-order valence-corrected chi connectivity index (χ4v) is 2.45. The lowest BCUT2D eigenvalue weighted by atomic mass is 10.00. The summed E-state index contributed by atoms with van der Waals surface area (Å²) < 4.78 is 4.68. The van der Waals surface area contributed by atoms with Crippen molar-refractivity contribution in [1.29, 1.82) is 0 Å². The molecule has 21 heavy (non-hydrogen) atoms. The molecule has 110 valence electrons. The topological polar surface area (TPSA) is 26.3 Å². The molecule has 0 fully saturated rings. The molecule has 0 saturated heterocycles. The van der Waals surface area contributed by atoms with Gasteiger partial charge in [-0.05, 0) is 36.0 Å². The maximum absolute atomic E-state index is 10.0. The van der Waals surface area contributed by atoms with Gasteiger partial charge in [-0.25, -0.2) is 0 Å². The number of rotatable bonds is 9. The lowest BCUT2D eigenvalue weighted by Crippen LogP contribution is -1.92. The van der Waals surface area contributed by atoms with E-state index < -0.39 is 0 Å². The summed E-state index contributed by atoms with van der Waals surface area (Å²) in [6, 6.07) is 19.3. The van der Waals surface area contributed by atoms with Crippen LogP contribution >= 0.6 is 0 Å². The molecule has 0 N–H and O–H groups in total. The van der Waals surface area contributed by atoms with Gasteiger partial charge in [-0.15, -0.1) is 0 Å². The smallest absolute Gasteiger partial charge is 0.293 e. The number of carbonyl (C=O) groups is 1. The summed E-state index contributed by atoms with van der Waals surface area (Å²) in [5, 5.41) is 0. The van der Waals surface area contributed by atoms with Gasteiger partial charge >= 0.3 is 0 Å². The molecule has 0 spiro atoms. The van der Waals surface area contributed by atoms with E-state index in [0.717, 1.165) is 19.3 Å². The second kappa shape index (κ2) is 8.96.